The molecule has 0 fully saturated rings. The average Bonchev–Trinajstić information content (AvgIpc) is 3.65. The van der Waals surface area contributed by atoms with Crippen LogP contribution in [0, 0.1) is 0 Å². The molecular weight excluding hydrogens is 611 g/mol. The zero-order chi connectivity index (χ0) is 33.0. The fourth-order valence-corrected chi connectivity index (χ4v) is 8.21. The molecule has 0 bridgehead atoms. The molecule has 6 aromatic carbocycles. The first-order valence-electron chi connectivity index (χ1n) is 17.6. The lowest BCUT2D eigenvalue weighted by Crippen LogP contribution is -2.21. The Morgan fingerprint density at radius 2 is 1.34 bits per heavy atom. The molecule has 2 aromatic heterocycles. The van der Waals surface area contributed by atoms with Gasteiger partial charge in [-0.1, -0.05) is 103 Å². The van der Waals surface area contributed by atoms with E-state index in [9.17, 15) is 0 Å². The molecule has 3 nitrogen and oxygen atoms in total. The zero-order valence-electron chi connectivity index (χ0n) is 27.7. The van der Waals surface area contributed by atoms with Crippen LogP contribution in [0.4, 0.5) is 17.1 Å². The number of aryl methyl sites for hydroxylation is 1. The SMILES string of the molecule is C1=CCC=c2oc3cccc(N(c4ccc(-c5ccccc5)cc4)c4ccc(C5CCc6ccc7oc8ccccc8c7c6C5)cc4)c3c2=C1. The Morgan fingerprint density at radius 3 is 2.20 bits per heavy atom. The molecule has 10 rings (SSSR count). The molecule has 0 spiro atoms. The number of benzene rings is 6. The zero-order valence-corrected chi connectivity index (χ0v) is 27.7. The Balaban J connectivity index is 1.07. The van der Waals surface area contributed by atoms with Crippen molar-refractivity contribution < 1.29 is 8.83 Å². The molecule has 0 N–H and O–H groups in total. The van der Waals surface area contributed by atoms with Gasteiger partial charge in [0.15, 0.2) is 0 Å². The summed E-state index contributed by atoms with van der Waals surface area (Å²) in [5, 5.41) is 4.77. The summed E-state index contributed by atoms with van der Waals surface area (Å²) >= 11 is 0. The lowest BCUT2D eigenvalue weighted by atomic mass is 9.78. The molecule has 3 heteroatoms. The van der Waals surface area contributed by atoms with Gasteiger partial charge in [-0.25, -0.2) is 0 Å². The fraction of sp³-hybridized carbons (Fsp3) is 0.106. The van der Waals surface area contributed by atoms with E-state index in [0.717, 1.165) is 75.5 Å². The molecule has 2 heterocycles. The van der Waals surface area contributed by atoms with Gasteiger partial charge in [0.05, 0.1) is 11.1 Å². The Labute approximate surface area is 290 Å². The van der Waals surface area contributed by atoms with Crippen LogP contribution >= 0.6 is 0 Å². The second-order valence-electron chi connectivity index (χ2n) is 13.5. The van der Waals surface area contributed by atoms with E-state index in [1.54, 1.807) is 0 Å². The van der Waals surface area contributed by atoms with E-state index in [-0.39, 0.29) is 0 Å². The molecule has 0 saturated heterocycles. The minimum atomic E-state index is 0.444. The van der Waals surface area contributed by atoms with E-state index < -0.39 is 0 Å². The number of nitrogens with zero attached hydrogens (tertiary/aromatic N) is 1. The third kappa shape index (κ3) is 4.81. The van der Waals surface area contributed by atoms with E-state index in [4.69, 9.17) is 8.83 Å². The van der Waals surface area contributed by atoms with Crippen LogP contribution in [-0.2, 0) is 12.8 Å². The summed E-state index contributed by atoms with van der Waals surface area (Å²) in [4.78, 5) is 2.39. The second-order valence-corrected chi connectivity index (χ2v) is 13.5. The maximum Gasteiger partial charge on any atom is 0.137 e. The molecule has 240 valence electrons. The highest BCUT2D eigenvalue weighted by Crippen LogP contribution is 2.42. The van der Waals surface area contributed by atoms with Crippen LogP contribution in [0.2, 0.25) is 0 Å². The largest absolute Gasteiger partial charge is 0.456 e. The summed E-state index contributed by atoms with van der Waals surface area (Å²) in [6.07, 6.45) is 12.8. The molecular formula is C47H35NO2. The van der Waals surface area contributed by atoms with Gasteiger partial charge in [-0.3, -0.25) is 0 Å². The molecule has 0 radical (unpaired) electrons. The van der Waals surface area contributed by atoms with Crippen molar-refractivity contribution in [2.75, 3.05) is 4.90 Å². The van der Waals surface area contributed by atoms with E-state index in [2.05, 4.69) is 163 Å². The molecule has 8 aromatic rings. The number of hydrogen-bond donors (Lipinski definition) is 0. The standard InChI is InChI=1S/C47H35NO2/c1-3-10-31(11-4-1)32-20-25-36(26-21-32)48(41-14-9-17-44-47(41)39-12-5-2-6-15-43(39)49-44)37-27-22-33(23-28-37)35-19-18-34-24-29-45-46(40(34)30-35)38-13-7-8-16-42(38)50-45/h1-5,7-17,20-29,35H,6,18-19,30H2. The first-order valence-corrected chi connectivity index (χ1v) is 17.6. The molecule has 0 aliphatic heterocycles. The van der Waals surface area contributed by atoms with Gasteiger partial charge in [0.1, 0.15) is 22.2 Å². The van der Waals surface area contributed by atoms with Crippen LogP contribution in [0.3, 0.4) is 0 Å². The number of furan rings is 2. The predicted molar refractivity (Wildman–Crippen MR) is 207 cm³/mol. The highest BCUT2D eigenvalue weighted by atomic mass is 16.3. The monoisotopic (exact) mass is 645 g/mol. The van der Waals surface area contributed by atoms with E-state index in [0.29, 0.717) is 5.92 Å². The van der Waals surface area contributed by atoms with Gasteiger partial charge in [0, 0.05) is 27.4 Å². The average molecular weight is 646 g/mol. The smallest absolute Gasteiger partial charge is 0.137 e. The quantitative estimate of drug-likeness (QED) is 0.187. The van der Waals surface area contributed by atoms with Gasteiger partial charge in [0.25, 0.3) is 0 Å². The Bertz CT molecular complexity index is 2690. The third-order valence-electron chi connectivity index (χ3n) is 10.7. The van der Waals surface area contributed by atoms with Gasteiger partial charge in [-0.15, -0.1) is 0 Å². The fourth-order valence-electron chi connectivity index (χ4n) is 8.21. The lowest BCUT2D eigenvalue weighted by molar-refractivity contribution is 0.574. The van der Waals surface area contributed by atoms with Gasteiger partial charge >= 0.3 is 0 Å². The maximum atomic E-state index is 6.43. The highest BCUT2D eigenvalue weighted by molar-refractivity contribution is 6.07. The number of para-hydroxylation sites is 1. The Kier molecular flexibility index (Phi) is 6.83. The van der Waals surface area contributed by atoms with Crippen molar-refractivity contribution in [3.05, 3.63) is 173 Å². The first-order chi connectivity index (χ1) is 24.8. The minimum absolute atomic E-state index is 0.444. The van der Waals surface area contributed by atoms with Crippen LogP contribution in [0.1, 0.15) is 35.4 Å². The second kappa shape index (κ2) is 11.8. The summed E-state index contributed by atoms with van der Waals surface area (Å²) < 4.78 is 12.7. The highest BCUT2D eigenvalue weighted by Gasteiger charge is 2.25. The van der Waals surface area contributed by atoms with E-state index >= 15 is 0 Å². The van der Waals surface area contributed by atoms with Gasteiger partial charge < -0.3 is 13.7 Å². The topological polar surface area (TPSA) is 29.5 Å². The van der Waals surface area contributed by atoms with Crippen molar-refractivity contribution in [3.63, 3.8) is 0 Å². The summed E-state index contributed by atoms with van der Waals surface area (Å²) in [6.45, 7) is 0. The number of hydrogen-bond acceptors (Lipinski definition) is 3. The van der Waals surface area contributed by atoms with Crippen molar-refractivity contribution in [2.45, 2.75) is 31.6 Å². The normalized spacial score (nSPS) is 15.3. The third-order valence-corrected chi connectivity index (χ3v) is 10.7. The van der Waals surface area contributed by atoms with Crippen molar-refractivity contribution >= 4 is 62.1 Å². The van der Waals surface area contributed by atoms with Crippen LogP contribution in [0.5, 0.6) is 0 Å². The van der Waals surface area contributed by atoms with Crippen LogP contribution in [0.25, 0.3) is 56.2 Å². The Morgan fingerprint density at radius 1 is 0.600 bits per heavy atom. The van der Waals surface area contributed by atoms with E-state index in [1.807, 2.05) is 0 Å². The molecule has 2 aliphatic rings. The Hall–Kier alpha value is -6.06. The molecule has 0 amide bonds. The lowest BCUT2D eigenvalue weighted by Gasteiger charge is -2.28. The number of anilines is 3. The molecule has 1 unspecified atom stereocenters. The van der Waals surface area contributed by atoms with Crippen molar-refractivity contribution in [1.82, 2.24) is 0 Å². The summed E-state index contributed by atoms with van der Waals surface area (Å²) in [5.74, 6) is 0.444. The van der Waals surface area contributed by atoms with Gasteiger partial charge in [-0.05, 0) is 114 Å². The van der Waals surface area contributed by atoms with Gasteiger partial charge in [-0.2, -0.15) is 0 Å². The molecule has 2 aliphatic carbocycles. The van der Waals surface area contributed by atoms with Crippen LogP contribution < -0.4 is 15.5 Å². The van der Waals surface area contributed by atoms with Crippen LogP contribution in [0.15, 0.2) is 154 Å². The van der Waals surface area contributed by atoms with Crippen molar-refractivity contribution in [1.29, 1.82) is 0 Å². The molecule has 50 heavy (non-hydrogen) atoms. The summed E-state index contributed by atoms with van der Waals surface area (Å²) in [6, 6.07) is 48.1. The predicted octanol–water partition coefficient (Wildman–Crippen LogP) is 11.3. The first kappa shape index (κ1) is 28.9. The van der Waals surface area contributed by atoms with Crippen molar-refractivity contribution in [3.8, 4) is 11.1 Å². The molecule has 1 atom stereocenters. The summed E-state index contributed by atoms with van der Waals surface area (Å²) in [5.41, 5.74) is 13.8. The number of rotatable bonds is 5. The maximum absolute atomic E-state index is 6.43. The van der Waals surface area contributed by atoms with Gasteiger partial charge in [0.2, 0.25) is 0 Å². The van der Waals surface area contributed by atoms with Crippen molar-refractivity contribution in [2.24, 2.45) is 0 Å². The molecule has 0 saturated carbocycles. The van der Waals surface area contributed by atoms with Crippen LogP contribution in [-0.4, -0.2) is 0 Å². The minimum Gasteiger partial charge on any atom is -0.456 e. The number of allylic oxidation sites excluding steroid dienone is 2. The number of fused-ring (bicyclic) bond motifs is 8. The van der Waals surface area contributed by atoms with E-state index in [1.165, 1.54) is 38.6 Å². The summed E-state index contributed by atoms with van der Waals surface area (Å²) in [7, 11) is 0.